The summed E-state index contributed by atoms with van der Waals surface area (Å²) in [5.74, 6) is -0.374. The molecular formula is C65H124O5. The number of carbonyl (C=O) groups is 2. The zero-order chi connectivity index (χ0) is 50.6. The molecule has 0 spiro atoms. The molecule has 0 N–H and O–H groups in total. The maximum atomic E-state index is 12.9. The van der Waals surface area contributed by atoms with Crippen molar-refractivity contribution in [3.63, 3.8) is 0 Å². The molecule has 5 heteroatoms. The molecule has 0 aliphatic carbocycles. The third kappa shape index (κ3) is 58.9. The summed E-state index contributed by atoms with van der Waals surface area (Å²) in [4.78, 5) is 25.6. The molecule has 414 valence electrons. The molecule has 0 aromatic carbocycles. The summed E-state index contributed by atoms with van der Waals surface area (Å²) in [5, 5.41) is 0. The van der Waals surface area contributed by atoms with E-state index >= 15 is 0 Å². The summed E-state index contributed by atoms with van der Waals surface area (Å²) in [7, 11) is 0. The first-order valence-electron chi connectivity index (χ1n) is 31.9. The second-order valence-electron chi connectivity index (χ2n) is 21.7. The molecule has 0 rings (SSSR count). The van der Waals surface area contributed by atoms with Crippen molar-refractivity contribution in [2.75, 3.05) is 19.8 Å². The first-order valence-corrected chi connectivity index (χ1v) is 31.9. The normalized spacial score (nSPS) is 12.2. The number of carbonyl (C=O) groups excluding carboxylic acids is 2. The first-order chi connectivity index (χ1) is 34.6. The summed E-state index contributed by atoms with van der Waals surface area (Å²) < 4.78 is 17.6. The lowest BCUT2D eigenvalue weighted by molar-refractivity contribution is -0.163. The van der Waals surface area contributed by atoms with Gasteiger partial charge in [-0.1, -0.05) is 315 Å². The van der Waals surface area contributed by atoms with Crippen LogP contribution in [0.1, 0.15) is 355 Å². The van der Waals surface area contributed by atoms with E-state index in [1.165, 1.54) is 283 Å². The number of hydrogen-bond acceptors (Lipinski definition) is 5. The van der Waals surface area contributed by atoms with Crippen LogP contribution in [0.2, 0.25) is 0 Å². The maximum absolute atomic E-state index is 12.9. The van der Waals surface area contributed by atoms with E-state index in [9.17, 15) is 9.59 Å². The van der Waals surface area contributed by atoms with Crippen LogP contribution < -0.4 is 0 Å². The van der Waals surface area contributed by atoms with Crippen molar-refractivity contribution in [3.05, 3.63) is 24.3 Å². The Balaban J connectivity index is 4.19. The standard InChI is InChI=1S/C65H124O5/c1-4-7-10-13-16-19-22-25-28-30-32-34-36-39-42-45-48-51-54-57-60-68-61-63(70-65(67)59-56-53-50-47-44-41-37-27-24-21-18-15-12-9-6-3)62-69-64(66)58-55-52-49-46-43-40-38-35-33-31-29-26-23-20-17-14-11-8-5-2/h17,20,26,29,63H,4-16,18-19,21-25,27-28,30-62H2,1-3H3/b20-17-,29-26-. The number of hydrogen-bond donors (Lipinski definition) is 0. The molecule has 0 aromatic heterocycles. The van der Waals surface area contributed by atoms with Gasteiger partial charge >= 0.3 is 11.9 Å². The third-order valence-electron chi connectivity index (χ3n) is 14.5. The average Bonchev–Trinajstić information content (AvgIpc) is 3.36. The van der Waals surface area contributed by atoms with E-state index in [4.69, 9.17) is 14.2 Å². The van der Waals surface area contributed by atoms with Gasteiger partial charge in [0, 0.05) is 19.4 Å². The Labute approximate surface area is 438 Å². The van der Waals surface area contributed by atoms with Crippen LogP contribution in [0.15, 0.2) is 24.3 Å². The van der Waals surface area contributed by atoms with E-state index in [0.29, 0.717) is 26.1 Å². The van der Waals surface area contributed by atoms with E-state index in [1.54, 1.807) is 0 Å². The molecule has 70 heavy (non-hydrogen) atoms. The summed E-state index contributed by atoms with van der Waals surface area (Å²) in [6, 6.07) is 0. The van der Waals surface area contributed by atoms with Crippen LogP contribution in [0, 0.1) is 0 Å². The van der Waals surface area contributed by atoms with Crippen molar-refractivity contribution >= 4 is 11.9 Å². The van der Waals surface area contributed by atoms with Crippen molar-refractivity contribution in [3.8, 4) is 0 Å². The molecule has 5 nitrogen and oxygen atoms in total. The van der Waals surface area contributed by atoms with E-state index < -0.39 is 6.10 Å². The first kappa shape index (κ1) is 68.4. The Morgan fingerprint density at radius 1 is 0.314 bits per heavy atom. The zero-order valence-electron chi connectivity index (χ0n) is 47.8. The molecule has 0 saturated carbocycles. The number of esters is 2. The highest BCUT2D eigenvalue weighted by molar-refractivity contribution is 5.70. The molecule has 0 aromatic rings. The molecule has 1 atom stereocenters. The van der Waals surface area contributed by atoms with Gasteiger partial charge in [-0.2, -0.15) is 0 Å². The summed E-state index contributed by atoms with van der Waals surface area (Å²) in [6.07, 6.45) is 75.0. The van der Waals surface area contributed by atoms with E-state index in [2.05, 4.69) is 45.1 Å². The lowest BCUT2D eigenvalue weighted by Gasteiger charge is -2.18. The molecular weight excluding hydrogens is 861 g/mol. The highest BCUT2D eigenvalue weighted by Crippen LogP contribution is 2.18. The van der Waals surface area contributed by atoms with Crippen LogP contribution in [-0.4, -0.2) is 37.9 Å². The number of rotatable bonds is 60. The quantitative estimate of drug-likeness (QED) is 0.0345. The maximum Gasteiger partial charge on any atom is 0.306 e. The van der Waals surface area contributed by atoms with Crippen LogP contribution in [0.25, 0.3) is 0 Å². The van der Waals surface area contributed by atoms with Crippen molar-refractivity contribution in [1.29, 1.82) is 0 Å². The fraction of sp³-hybridized carbons (Fsp3) is 0.908. The van der Waals surface area contributed by atoms with Gasteiger partial charge in [-0.05, 0) is 51.4 Å². The average molecular weight is 986 g/mol. The second kappa shape index (κ2) is 61.7. The summed E-state index contributed by atoms with van der Waals surface area (Å²) in [5.41, 5.74) is 0. The molecule has 0 bridgehead atoms. The largest absolute Gasteiger partial charge is 0.462 e. The molecule has 1 unspecified atom stereocenters. The van der Waals surface area contributed by atoms with Crippen LogP contribution >= 0.6 is 0 Å². The molecule has 0 saturated heterocycles. The molecule has 0 aliphatic heterocycles. The predicted octanol–water partition coefficient (Wildman–Crippen LogP) is 21.9. The van der Waals surface area contributed by atoms with E-state index in [0.717, 1.165) is 38.5 Å². The molecule has 0 aliphatic rings. The van der Waals surface area contributed by atoms with Gasteiger partial charge in [0.2, 0.25) is 0 Å². The molecule has 0 fully saturated rings. The van der Waals surface area contributed by atoms with Crippen LogP contribution in [0.5, 0.6) is 0 Å². The van der Waals surface area contributed by atoms with E-state index in [1.807, 2.05) is 0 Å². The summed E-state index contributed by atoms with van der Waals surface area (Å²) >= 11 is 0. The smallest absolute Gasteiger partial charge is 0.306 e. The van der Waals surface area contributed by atoms with Gasteiger partial charge in [-0.15, -0.1) is 0 Å². The second-order valence-corrected chi connectivity index (χ2v) is 21.7. The monoisotopic (exact) mass is 985 g/mol. The Kier molecular flexibility index (Phi) is 60.3. The minimum atomic E-state index is -0.531. The molecule has 0 radical (unpaired) electrons. The van der Waals surface area contributed by atoms with Gasteiger partial charge < -0.3 is 14.2 Å². The lowest BCUT2D eigenvalue weighted by atomic mass is 10.0. The van der Waals surface area contributed by atoms with Gasteiger partial charge in [0.05, 0.1) is 6.61 Å². The SMILES string of the molecule is CCCCC/C=C\C/C=C\CCCCCCCCCCCC(=O)OCC(COCCCCCCCCCCCCCCCCCCCCCC)OC(=O)CCCCCCCCCCCCCCCCC. The van der Waals surface area contributed by atoms with Gasteiger partial charge in [0.1, 0.15) is 6.61 Å². The van der Waals surface area contributed by atoms with Crippen LogP contribution in [0.3, 0.4) is 0 Å². The van der Waals surface area contributed by atoms with E-state index in [-0.39, 0.29) is 18.5 Å². The van der Waals surface area contributed by atoms with Crippen LogP contribution in [-0.2, 0) is 23.8 Å². The van der Waals surface area contributed by atoms with Gasteiger partial charge in [-0.3, -0.25) is 9.59 Å². The number of unbranched alkanes of at least 4 members (excludes halogenated alkanes) is 45. The zero-order valence-corrected chi connectivity index (χ0v) is 47.8. The van der Waals surface area contributed by atoms with Crippen molar-refractivity contribution in [2.24, 2.45) is 0 Å². The topological polar surface area (TPSA) is 61.8 Å². The number of ether oxygens (including phenoxy) is 3. The minimum absolute atomic E-state index is 0.0919. The fourth-order valence-electron chi connectivity index (χ4n) is 9.72. The Bertz CT molecular complexity index is 1070. The highest BCUT2D eigenvalue weighted by Gasteiger charge is 2.18. The third-order valence-corrected chi connectivity index (χ3v) is 14.5. The van der Waals surface area contributed by atoms with Crippen LogP contribution in [0.4, 0.5) is 0 Å². The van der Waals surface area contributed by atoms with Gasteiger partial charge in [0.25, 0.3) is 0 Å². The fourth-order valence-corrected chi connectivity index (χ4v) is 9.72. The minimum Gasteiger partial charge on any atom is -0.462 e. The van der Waals surface area contributed by atoms with Gasteiger partial charge in [-0.25, -0.2) is 0 Å². The Hall–Kier alpha value is -1.62. The molecule has 0 heterocycles. The van der Waals surface area contributed by atoms with Crippen molar-refractivity contribution < 1.29 is 23.8 Å². The molecule has 0 amide bonds. The highest BCUT2D eigenvalue weighted by atomic mass is 16.6. The Morgan fingerprint density at radius 2 is 0.600 bits per heavy atom. The van der Waals surface area contributed by atoms with Gasteiger partial charge in [0.15, 0.2) is 6.10 Å². The predicted molar refractivity (Wildman–Crippen MR) is 307 cm³/mol. The summed E-state index contributed by atoms with van der Waals surface area (Å²) in [6.45, 7) is 7.89. The number of allylic oxidation sites excluding steroid dienone is 4. The Morgan fingerprint density at radius 3 is 0.971 bits per heavy atom. The van der Waals surface area contributed by atoms with Crippen molar-refractivity contribution in [1.82, 2.24) is 0 Å². The lowest BCUT2D eigenvalue weighted by Crippen LogP contribution is -2.30. The van der Waals surface area contributed by atoms with Crippen molar-refractivity contribution in [2.45, 2.75) is 361 Å².